The molecule has 0 bridgehead atoms. The molecule has 1 saturated heterocycles. The van der Waals surface area contributed by atoms with Crippen molar-refractivity contribution in [2.45, 2.75) is 32.5 Å². The lowest BCUT2D eigenvalue weighted by molar-refractivity contribution is 0.169. The zero-order chi connectivity index (χ0) is 13.3. The van der Waals surface area contributed by atoms with Gasteiger partial charge in [0, 0.05) is 37.3 Å². The van der Waals surface area contributed by atoms with Crippen LogP contribution in [0.3, 0.4) is 0 Å². The lowest BCUT2D eigenvalue weighted by Crippen LogP contribution is -2.55. The number of nitrogens with two attached hydrogens (primary N) is 1. The molecule has 2 rings (SSSR count). The molecule has 2 heterocycles. The van der Waals surface area contributed by atoms with Gasteiger partial charge >= 0.3 is 0 Å². The van der Waals surface area contributed by atoms with Crippen LogP contribution in [0.25, 0.3) is 0 Å². The monoisotopic (exact) mass is 252 g/mol. The van der Waals surface area contributed by atoms with Crippen molar-refractivity contribution in [3.63, 3.8) is 0 Å². The molecular weight excluding hydrogens is 231 g/mol. The van der Waals surface area contributed by atoms with E-state index >= 15 is 0 Å². The summed E-state index contributed by atoms with van der Waals surface area (Å²) < 4.78 is 13.2. The van der Waals surface area contributed by atoms with E-state index in [9.17, 15) is 4.39 Å². The van der Waals surface area contributed by atoms with E-state index in [2.05, 4.69) is 35.7 Å². The minimum atomic E-state index is -0.325. The zero-order valence-electron chi connectivity index (χ0n) is 11.2. The Morgan fingerprint density at radius 2 is 2.00 bits per heavy atom. The number of hydrogen-bond acceptors (Lipinski definition) is 4. The summed E-state index contributed by atoms with van der Waals surface area (Å²) >= 11 is 0. The fraction of sp³-hybridized carbons (Fsp3) is 0.615. The van der Waals surface area contributed by atoms with Gasteiger partial charge in [-0.15, -0.1) is 0 Å². The average molecular weight is 252 g/mol. The Morgan fingerprint density at radius 3 is 2.56 bits per heavy atom. The third-order valence-electron chi connectivity index (χ3n) is 3.79. The van der Waals surface area contributed by atoms with Crippen LogP contribution in [-0.2, 0) is 6.54 Å². The molecule has 5 heteroatoms. The van der Waals surface area contributed by atoms with E-state index in [1.807, 2.05) is 0 Å². The first-order valence-electron chi connectivity index (χ1n) is 6.34. The summed E-state index contributed by atoms with van der Waals surface area (Å²) in [4.78, 5) is 8.77. The molecule has 1 aromatic heterocycles. The summed E-state index contributed by atoms with van der Waals surface area (Å²) in [5.41, 5.74) is 6.46. The molecule has 100 valence electrons. The summed E-state index contributed by atoms with van der Waals surface area (Å²) in [6, 6.07) is 2.38. The molecule has 2 atom stereocenters. The molecule has 1 fully saturated rings. The number of anilines is 1. The van der Waals surface area contributed by atoms with Crippen molar-refractivity contribution in [1.82, 2.24) is 9.88 Å². The second-order valence-corrected chi connectivity index (χ2v) is 5.11. The first-order valence-corrected chi connectivity index (χ1v) is 6.34. The molecule has 0 spiro atoms. The average Bonchev–Trinajstić information content (AvgIpc) is 2.35. The third kappa shape index (κ3) is 2.47. The van der Waals surface area contributed by atoms with Crippen molar-refractivity contribution in [2.75, 3.05) is 25.0 Å². The van der Waals surface area contributed by atoms with Gasteiger partial charge in [0.05, 0.1) is 6.20 Å². The number of nitrogens with zero attached hydrogens (tertiary/aromatic N) is 3. The van der Waals surface area contributed by atoms with Crippen LogP contribution in [0, 0.1) is 5.82 Å². The maximum Gasteiger partial charge on any atom is 0.141 e. The molecule has 0 aromatic carbocycles. The number of piperazine rings is 1. The van der Waals surface area contributed by atoms with E-state index < -0.39 is 0 Å². The van der Waals surface area contributed by atoms with Crippen molar-refractivity contribution in [1.29, 1.82) is 0 Å². The maximum absolute atomic E-state index is 13.2. The minimum Gasteiger partial charge on any atom is -0.353 e. The van der Waals surface area contributed by atoms with Gasteiger partial charge in [-0.3, -0.25) is 4.90 Å². The van der Waals surface area contributed by atoms with Crippen LogP contribution in [0.4, 0.5) is 10.2 Å². The van der Waals surface area contributed by atoms with E-state index in [0.29, 0.717) is 18.6 Å². The lowest BCUT2D eigenvalue weighted by Gasteiger charge is -2.43. The molecule has 4 nitrogen and oxygen atoms in total. The van der Waals surface area contributed by atoms with Crippen LogP contribution in [0.5, 0.6) is 0 Å². The Kier molecular flexibility index (Phi) is 3.82. The molecule has 1 aliphatic heterocycles. The number of halogens is 1. The van der Waals surface area contributed by atoms with Gasteiger partial charge in [-0.05, 0) is 27.0 Å². The van der Waals surface area contributed by atoms with E-state index in [1.54, 1.807) is 0 Å². The molecule has 0 radical (unpaired) electrons. The Labute approximate surface area is 108 Å². The van der Waals surface area contributed by atoms with E-state index in [0.717, 1.165) is 24.5 Å². The quantitative estimate of drug-likeness (QED) is 0.859. The zero-order valence-corrected chi connectivity index (χ0v) is 11.2. The molecule has 1 aliphatic rings. The summed E-state index contributed by atoms with van der Waals surface area (Å²) in [6.07, 6.45) is 1.27. The molecule has 18 heavy (non-hydrogen) atoms. The predicted octanol–water partition coefficient (Wildman–Crippen LogP) is 1.21. The summed E-state index contributed by atoms with van der Waals surface area (Å²) in [7, 11) is 2.13. The van der Waals surface area contributed by atoms with Crippen molar-refractivity contribution >= 4 is 5.82 Å². The lowest BCUT2D eigenvalue weighted by atomic mass is 10.1. The fourth-order valence-electron chi connectivity index (χ4n) is 2.49. The van der Waals surface area contributed by atoms with Crippen LogP contribution < -0.4 is 10.6 Å². The van der Waals surface area contributed by atoms with Gasteiger partial charge < -0.3 is 10.6 Å². The van der Waals surface area contributed by atoms with E-state index in [4.69, 9.17) is 5.73 Å². The van der Waals surface area contributed by atoms with Crippen molar-refractivity contribution in [3.05, 3.63) is 23.6 Å². The molecule has 2 N–H and O–H groups in total. The van der Waals surface area contributed by atoms with Crippen molar-refractivity contribution in [2.24, 2.45) is 5.73 Å². The van der Waals surface area contributed by atoms with Gasteiger partial charge in [-0.2, -0.15) is 0 Å². The highest BCUT2D eigenvalue weighted by molar-refractivity contribution is 5.47. The highest BCUT2D eigenvalue weighted by Gasteiger charge is 2.28. The molecule has 0 aliphatic carbocycles. The van der Waals surface area contributed by atoms with E-state index in [1.165, 1.54) is 12.3 Å². The van der Waals surface area contributed by atoms with Crippen LogP contribution in [0.2, 0.25) is 0 Å². The summed E-state index contributed by atoms with van der Waals surface area (Å²) in [6.45, 7) is 6.48. The molecular formula is C13H21FN4. The van der Waals surface area contributed by atoms with Crippen LogP contribution >= 0.6 is 0 Å². The Bertz CT molecular complexity index is 411. The number of pyridine rings is 1. The largest absolute Gasteiger partial charge is 0.353 e. The van der Waals surface area contributed by atoms with Gasteiger partial charge in [0.25, 0.3) is 0 Å². The van der Waals surface area contributed by atoms with Crippen molar-refractivity contribution < 1.29 is 4.39 Å². The van der Waals surface area contributed by atoms with Gasteiger partial charge in [-0.25, -0.2) is 9.37 Å². The number of hydrogen-bond donors (Lipinski definition) is 1. The SMILES string of the molecule is CC1CN(c2ncc(F)cc2CN)CC(C)N1C. The van der Waals surface area contributed by atoms with E-state index in [-0.39, 0.29) is 5.82 Å². The van der Waals surface area contributed by atoms with Gasteiger partial charge in [0.1, 0.15) is 11.6 Å². The Hall–Kier alpha value is -1.20. The first-order chi connectivity index (χ1) is 8.52. The van der Waals surface area contributed by atoms with Crippen LogP contribution in [-0.4, -0.2) is 42.1 Å². The second-order valence-electron chi connectivity index (χ2n) is 5.11. The molecule has 1 aromatic rings. The first kappa shape index (κ1) is 13.2. The molecule has 2 unspecified atom stereocenters. The van der Waals surface area contributed by atoms with Gasteiger partial charge in [0.2, 0.25) is 0 Å². The Balaban J connectivity index is 2.26. The summed E-state index contributed by atoms with van der Waals surface area (Å²) in [5, 5.41) is 0. The predicted molar refractivity (Wildman–Crippen MR) is 71.0 cm³/mol. The normalized spacial score (nSPS) is 25.5. The van der Waals surface area contributed by atoms with Gasteiger partial charge in [0.15, 0.2) is 0 Å². The minimum absolute atomic E-state index is 0.315. The summed E-state index contributed by atoms with van der Waals surface area (Å²) in [5.74, 6) is 0.500. The molecule has 0 amide bonds. The number of rotatable bonds is 2. The maximum atomic E-state index is 13.2. The van der Waals surface area contributed by atoms with Gasteiger partial charge in [-0.1, -0.05) is 0 Å². The number of aromatic nitrogens is 1. The van der Waals surface area contributed by atoms with Crippen LogP contribution in [0.1, 0.15) is 19.4 Å². The highest BCUT2D eigenvalue weighted by atomic mass is 19.1. The second kappa shape index (κ2) is 5.20. The Morgan fingerprint density at radius 1 is 1.39 bits per heavy atom. The standard InChI is InChI=1S/C13H21FN4/c1-9-7-18(8-10(2)17(9)3)13-11(5-15)4-12(14)6-16-13/h4,6,9-10H,5,7-8,15H2,1-3H3. The molecule has 0 saturated carbocycles. The topological polar surface area (TPSA) is 45.4 Å². The smallest absolute Gasteiger partial charge is 0.141 e. The highest BCUT2D eigenvalue weighted by Crippen LogP contribution is 2.23. The fourth-order valence-corrected chi connectivity index (χ4v) is 2.49. The third-order valence-corrected chi connectivity index (χ3v) is 3.79. The van der Waals surface area contributed by atoms with Crippen LogP contribution in [0.15, 0.2) is 12.3 Å². The van der Waals surface area contributed by atoms with Crippen molar-refractivity contribution in [3.8, 4) is 0 Å². The number of likely N-dealkylation sites (N-methyl/N-ethyl adjacent to an activating group) is 1.